The maximum Gasteiger partial charge on any atom is 0.254 e. The van der Waals surface area contributed by atoms with Crippen LogP contribution in [0.5, 0.6) is 11.5 Å². The summed E-state index contributed by atoms with van der Waals surface area (Å²) >= 11 is 0. The molecule has 2 aliphatic rings. The fourth-order valence-corrected chi connectivity index (χ4v) is 4.83. The molecule has 1 aromatic heterocycles. The quantitative estimate of drug-likeness (QED) is 0.466. The van der Waals surface area contributed by atoms with Gasteiger partial charge < -0.3 is 14.4 Å². The van der Waals surface area contributed by atoms with Gasteiger partial charge in [-0.15, -0.1) is 0 Å². The summed E-state index contributed by atoms with van der Waals surface area (Å²) in [5.41, 5.74) is 4.80. The van der Waals surface area contributed by atoms with E-state index in [0.29, 0.717) is 18.7 Å². The molecule has 0 atom stereocenters. The van der Waals surface area contributed by atoms with Gasteiger partial charge in [0.05, 0.1) is 11.0 Å². The molecular formula is C27H26N4O3. The number of piperazine rings is 1. The second-order valence-electron chi connectivity index (χ2n) is 8.79. The lowest BCUT2D eigenvalue weighted by molar-refractivity contribution is 0.0628. The van der Waals surface area contributed by atoms with E-state index in [1.54, 1.807) is 0 Å². The summed E-state index contributed by atoms with van der Waals surface area (Å²) in [5.74, 6) is 2.59. The van der Waals surface area contributed by atoms with Crippen molar-refractivity contribution < 1.29 is 14.3 Å². The van der Waals surface area contributed by atoms with E-state index in [-0.39, 0.29) is 12.7 Å². The van der Waals surface area contributed by atoms with Crippen molar-refractivity contribution in [3.8, 4) is 17.2 Å². The highest BCUT2D eigenvalue weighted by Crippen LogP contribution is 2.33. The molecule has 1 saturated heterocycles. The first-order valence-corrected chi connectivity index (χ1v) is 11.6. The monoisotopic (exact) mass is 454 g/mol. The zero-order chi connectivity index (χ0) is 23.1. The van der Waals surface area contributed by atoms with E-state index in [9.17, 15) is 4.79 Å². The van der Waals surface area contributed by atoms with Gasteiger partial charge in [0.1, 0.15) is 5.82 Å². The number of carbonyl (C=O) groups excluding carboxylic acids is 1. The minimum absolute atomic E-state index is 0.0662. The van der Waals surface area contributed by atoms with Crippen LogP contribution >= 0.6 is 0 Å². The summed E-state index contributed by atoms with van der Waals surface area (Å²) < 4.78 is 13.0. The van der Waals surface area contributed by atoms with Crippen LogP contribution in [0.2, 0.25) is 0 Å². The summed E-state index contributed by atoms with van der Waals surface area (Å²) in [5, 5.41) is 0. The maximum absolute atomic E-state index is 13.2. The molecule has 0 saturated carbocycles. The van der Waals surface area contributed by atoms with Crippen molar-refractivity contribution in [3.63, 3.8) is 0 Å². The molecule has 0 radical (unpaired) electrons. The molecule has 1 amide bonds. The average Bonchev–Trinajstić information content (AvgIpc) is 3.47. The van der Waals surface area contributed by atoms with Gasteiger partial charge >= 0.3 is 0 Å². The van der Waals surface area contributed by atoms with Crippen LogP contribution in [-0.2, 0) is 6.54 Å². The van der Waals surface area contributed by atoms with Gasteiger partial charge in [-0.2, -0.15) is 0 Å². The van der Waals surface area contributed by atoms with Crippen LogP contribution in [0.3, 0.4) is 0 Å². The van der Waals surface area contributed by atoms with Crippen molar-refractivity contribution in [1.29, 1.82) is 0 Å². The summed E-state index contributed by atoms with van der Waals surface area (Å²) in [7, 11) is 0. The van der Waals surface area contributed by atoms with Crippen molar-refractivity contribution in [2.75, 3.05) is 33.0 Å². The Labute approximate surface area is 198 Å². The molecule has 1 fully saturated rings. The van der Waals surface area contributed by atoms with Gasteiger partial charge in [-0.05, 0) is 55.0 Å². The van der Waals surface area contributed by atoms with Crippen LogP contribution in [0.25, 0.3) is 16.7 Å². The number of aromatic nitrogens is 2. The van der Waals surface area contributed by atoms with E-state index < -0.39 is 0 Å². The predicted octanol–water partition coefficient (Wildman–Crippen LogP) is 4.02. The Morgan fingerprint density at radius 1 is 0.912 bits per heavy atom. The number of amides is 1. The van der Waals surface area contributed by atoms with Crippen LogP contribution in [0.4, 0.5) is 0 Å². The number of aryl methyl sites for hydroxylation is 1. The third-order valence-electron chi connectivity index (χ3n) is 6.59. The summed E-state index contributed by atoms with van der Waals surface area (Å²) in [6.45, 7) is 6.21. The van der Waals surface area contributed by atoms with Crippen molar-refractivity contribution in [2.24, 2.45) is 0 Å². The number of hydrogen-bond acceptors (Lipinski definition) is 5. The second-order valence-corrected chi connectivity index (χ2v) is 8.79. The molecule has 0 aliphatic carbocycles. The van der Waals surface area contributed by atoms with Crippen molar-refractivity contribution in [1.82, 2.24) is 19.4 Å². The molecule has 0 N–H and O–H groups in total. The molecule has 3 heterocycles. The number of ether oxygens (including phenoxy) is 2. The van der Waals surface area contributed by atoms with E-state index >= 15 is 0 Å². The predicted molar refractivity (Wildman–Crippen MR) is 130 cm³/mol. The topological polar surface area (TPSA) is 59.8 Å². The first-order valence-electron chi connectivity index (χ1n) is 11.6. The average molecular weight is 455 g/mol. The van der Waals surface area contributed by atoms with Crippen LogP contribution < -0.4 is 9.47 Å². The van der Waals surface area contributed by atoms with Crippen LogP contribution in [-0.4, -0.2) is 58.2 Å². The third-order valence-corrected chi connectivity index (χ3v) is 6.59. The zero-order valence-corrected chi connectivity index (χ0v) is 19.1. The highest BCUT2D eigenvalue weighted by molar-refractivity contribution is 5.97. The Morgan fingerprint density at radius 3 is 2.53 bits per heavy atom. The van der Waals surface area contributed by atoms with Crippen molar-refractivity contribution in [2.45, 2.75) is 13.5 Å². The first kappa shape index (κ1) is 20.7. The lowest BCUT2D eigenvalue weighted by Crippen LogP contribution is -2.48. The molecule has 4 aromatic rings. The van der Waals surface area contributed by atoms with E-state index in [2.05, 4.69) is 27.7 Å². The molecule has 0 spiro atoms. The smallest absolute Gasteiger partial charge is 0.254 e. The van der Waals surface area contributed by atoms with Gasteiger partial charge in [0.15, 0.2) is 11.5 Å². The van der Waals surface area contributed by atoms with E-state index in [4.69, 9.17) is 14.5 Å². The van der Waals surface area contributed by atoms with Gasteiger partial charge in [-0.1, -0.05) is 24.3 Å². The number of hydrogen-bond donors (Lipinski definition) is 0. The number of fused-ring (bicyclic) bond motifs is 2. The van der Waals surface area contributed by atoms with Gasteiger partial charge in [-0.25, -0.2) is 4.98 Å². The van der Waals surface area contributed by atoms with Gasteiger partial charge in [0.25, 0.3) is 5.91 Å². The molecule has 7 nitrogen and oxygen atoms in total. The van der Waals surface area contributed by atoms with Gasteiger partial charge in [-0.3, -0.25) is 14.3 Å². The molecule has 0 bridgehead atoms. The van der Waals surface area contributed by atoms with Gasteiger partial charge in [0.2, 0.25) is 6.79 Å². The highest BCUT2D eigenvalue weighted by atomic mass is 16.7. The fraction of sp³-hybridized carbons (Fsp3) is 0.259. The van der Waals surface area contributed by atoms with Crippen molar-refractivity contribution >= 4 is 16.9 Å². The summed E-state index contributed by atoms with van der Waals surface area (Å²) in [6, 6.07) is 22.1. The molecule has 6 rings (SSSR count). The first-order chi connectivity index (χ1) is 16.7. The Bertz CT molecular complexity index is 1360. The van der Waals surface area contributed by atoms with E-state index in [1.807, 2.05) is 60.4 Å². The standard InChI is InChI=1S/C27H26N4O3/c1-19-28-23-16-21(8-9-24(23)31(19)22-5-3-2-4-6-22)27(32)30-13-11-29(12-14-30)17-20-7-10-25-26(15-20)34-18-33-25/h2-10,15-16H,11-14,17-18H2,1H3. The second kappa shape index (κ2) is 8.50. The lowest BCUT2D eigenvalue weighted by atomic mass is 10.1. The third kappa shape index (κ3) is 3.78. The van der Waals surface area contributed by atoms with Crippen molar-refractivity contribution in [3.05, 3.63) is 83.7 Å². The molecule has 172 valence electrons. The molecule has 0 unspecified atom stereocenters. The Hall–Kier alpha value is -3.84. The molecule has 34 heavy (non-hydrogen) atoms. The Morgan fingerprint density at radius 2 is 1.71 bits per heavy atom. The van der Waals surface area contributed by atoms with Gasteiger partial charge in [0, 0.05) is 44.0 Å². The fourth-order valence-electron chi connectivity index (χ4n) is 4.83. The number of carbonyl (C=O) groups is 1. The Kier molecular flexibility index (Phi) is 5.19. The SMILES string of the molecule is Cc1nc2cc(C(=O)N3CCN(Cc4ccc5c(c4)OCO5)CC3)ccc2n1-c1ccccc1. The minimum atomic E-state index is 0.0662. The largest absolute Gasteiger partial charge is 0.454 e. The number of rotatable bonds is 4. The maximum atomic E-state index is 13.2. The number of benzene rings is 3. The number of para-hydroxylation sites is 1. The normalized spacial score (nSPS) is 15.7. The summed E-state index contributed by atoms with van der Waals surface area (Å²) in [6.07, 6.45) is 0. The van der Waals surface area contributed by atoms with Crippen LogP contribution in [0.1, 0.15) is 21.7 Å². The van der Waals surface area contributed by atoms with E-state index in [1.165, 1.54) is 5.56 Å². The van der Waals surface area contributed by atoms with E-state index in [0.717, 1.165) is 53.7 Å². The Balaban J connectivity index is 1.14. The van der Waals surface area contributed by atoms with Crippen LogP contribution in [0, 0.1) is 6.92 Å². The minimum Gasteiger partial charge on any atom is -0.454 e. The molecular weight excluding hydrogens is 428 g/mol. The molecule has 7 heteroatoms. The number of imidazole rings is 1. The van der Waals surface area contributed by atoms with Crippen LogP contribution in [0.15, 0.2) is 66.7 Å². The molecule has 2 aliphatic heterocycles. The number of nitrogens with zero attached hydrogens (tertiary/aromatic N) is 4. The summed E-state index contributed by atoms with van der Waals surface area (Å²) in [4.78, 5) is 22.3. The highest BCUT2D eigenvalue weighted by Gasteiger charge is 2.24. The lowest BCUT2D eigenvalue weighted by Gasteiger charge is -2.34. The molecule has 3 aromatic carbocycles. The zero-order valence-electron chi connectivity index (χ0n) is 19.1.